The average Bonchev–Trinajstić information content (AvgIpc) is 2.95. The van der Waals surface area contributed by atoms with Gasteiger partial charge < -0.3 is 19.9 Å². The standard InChI is InChI=1S/C32H32N2O7/c1-21(35)26-19-30(40-2)31(20-28(26)34(38)39)41-17-7-12-32(37)33-16-15-29(36)27-18-24-10-4-3-8-22(24)13-14-23-9-5-6-11-25(23)27/h3-6,8-11,19-21,27,35H,7,12,15-18H2,1-2H3,(H,33,37). The molecule has 9 heteroatoms. The third-order valence-corrected chi connectivity index (χ3v) is 6.96. The number of nitro groups is 1. The van der Waals surface area contributed by atoms with E-state index in [0.29, 0.717) is 12.8 Å². The lowest BCUT2D eigenvalue weighted by molar-refractivity contribution is -0.386. The SMILES string of the molecule is COc1cc(C(C)O)c([N+](=O)[O-])cc1OCCCC(=O)NCCC(=O)C1Cc2ccccc2C#Cc2ccccc21. The van der Waals surface area contributed by atoms with E-state index in [4.69, 9.17) is 9.47 Å². The molecular weight excluding hydrogens is 524 g/mol. The number of aliphatic hydroxyl groups excluding tert-OH is 1. The zero-order valence-electron chi connectivity index (χ0n) is 23.0. The molecule has 3 aromatic rings. The largest absolute Gasteiger partial charge is 0.493 e. The number of carbonyl (C=O) groups is 2. The van der Waals surface area contributed by atoms with Gasteiger partial charge in [0, 0.05) is 36.4 Å². The molecule has 4 rings (SSSR count). The third-order valence-electron chi connectivity index (χ3n) is 6.96. The van der Waals surface area contributed by atoms with Crippen LogP contribution < -0.4 is 14.8 Å². The highest BCUT2D eigenvalue weighted by atomic mass is 16.6. The molecule has 0 radical (unpaired) electrons. The number of hydrogen-bond donors (Lipinski definition) is 2. The fraction of sp³-hybridized carbons (Fsp3) is 0.312. The number of fused-ring (bicyclic) bond motifs is 2. The van der Waals surface area contributed by atoms with Crippen molar-refractivity contribution in [3.05, 3.63) is 98.6 Å². The van der Waals surface area contributed by atoms with Gasteiger partial charge in [0.25, 0.3) is 5.69 Å². The molecule has 0 saturated heterocycles. The Balaban J connectivity index is 1.29. The number of ether oxygens (including phenoxy) is 2. The number of carbonyl (C=O) groups excluding carboxylic acids is 2. The van der Waals surface area contributed by atoms with Gasteiger partial charge in [0.15, 0.2) is 11.5 Å². The Morgan fingerprint density at radius 1 is 1.07 bits per heavy atom. The summed E-state index contributed by atoms with van der Waals surface area (Å²) in [6.45, 7) is 1.76. The average molecular weight is 557 g/mol. The van der Waals surface area contributed by atoms with Gasteiger partial charge in [-0.2, -0.15) is 0 Å². The Morgan fingerprint density at radius 2 is 1.78 bits per heavy atom. The molecule has 0 aromatic heterocycles. The maximum atomic E-state index is 13.3. The normalized spacial score (nSPS) is 14.2. The summed E-state index contributed by atoms with van der Waals surface area (Å²) in [5, 5.41) is 24.1. The maximum absolute atomic E-state index is 13.3. The molecule has 2 N–H and O–H groups in total. The first-order valence-electron chi connectivity index (χ1n) is 13.4. The third kappa shape index (κ3) is 7.29. The summed E-state index contributed by atoms with van der Waals surface area (Å²) < 4.78 is 10.9. The molecule has 41 heavy (non-hydrogen) atoms. The van der Waals surface area contributed by atoms with Gasteiger partial charge in [-0.05, 0) is 49.1 Å². The molecule has 0 fully saturated rings. The van der Waals surface area contributed by atoms with E-state index in [0.717, 1.165) is 22.3 Å². The second kappa shape index (κ2) is 13.6. The number of nitrogens with one attached hydrogen (secondary N) is 1. The first-order chi connectivity index (χ1) is 19.8. The molecule has 1 amide bonds. The number of rotatable bonds is 12. The Labute approximate surface area is 238 Å². The molecule has 0 bridgehead atoms. The highest BCUT2D eigenvalue weighted by Gasteiger charge is 2.25. The van der Waals surface area contributed by atoms with E-state index in [-0.39, 0.29) is 66.4 Å². The Bertz CT molecular complexity index is 1500. The zero-order valence-corrected chi connectivity index (χ0v) is 23.0. The molecule has 1 aliphatic rings. The van der Waals surface area contributed by atoms with Crippen LogP contribution in [0.25, 0.3) is 0 Å². The molecule has 0 spiro atoms. The minimum Gasteiger partial charge on any atom is -0.493 e. The Kier molecular flexibility index (Phi) is 9.72. The zero-order chi connectivity index (χ0) is 29.4. The number of nitrogens with zero attached hydrogens (tertiary/aromatic N) is 1. The summed E-state index contributed by atoms with van der Waals surface area (Å²) in [6, 6.07) is 18.1. The van der Waals surface area contributed by atoms with Crippen molar-refractivity contribution in [3.63, 3.8) is 0 Å². The number of ketones is 1. The summed E-state index contributed by atoms with van der Waals surface area (Å²) >= 11 is 0. The number of amides is 1. The number of methoxy groups -OCH3 is 1. The summed E-state index contributed by atoms with van der Waals surface area (Å²) in [5.41, 5.74) is 3.53. The van der Waals surface area contributed by atoms with Crippen LogP contribution in [-0.2, 0) is 16.0 Å². The van der Waals surface area contributed by atoms with Gasteiger partial charge >= 0.3 is 0 Å². The molecule has 1 aliphatic carbocycles. The van der Waals surface area contributed by atoms with Crippen LogP contribution in [0.3, 0.4) is 0 Å². The number of aliphatic hydroxyl groups is 1. The van der Waals surface area contributed by atoms with Crippen molar-refractivity contribution in [2.75, 3.05) is 20.3 Å². The van der Waals surface area contributed by atoms with Crippen molar-refractivity contribution in [3.8, 4) is 23.3 Å². The van der Waals surface area contributed by atoms with Crippen molar-refractivity contribution < 1.29 is 29.1 Å². The Hall–Kier alpha value is -4.68. The van der Waals surface area contributed by atoms with Crippen LogP contribution in [-0.4, -0.2) is 42.0 Å². The van der Waals surface area contributed by atoms with Gasteiger partial charge in [-0.1, -0.05) is 48.2 Å². The fourth-order valence-electron chi connectivity index (χ4n) is 4.82. The first-order valence-corrected chi connectivity index (χ1v) is 13.4. The van der Waals surface area contributed by atoms with Crippen molar-refractivity contribution in [1.82, 2.24) is 5.32 Å². The van der Waals surface area contributed by atoms with Crippen LogP contribution in [0.15, 0.2) is 60.7 Å². The van der Waals surface area contributed by atoms with E-state index >= 15 is 0 Å². The molecule has 0 heterocycles. The van der Waals surface area contributed by atoms with Crippen LogP contribution in [0, 0.1) is 22.0 Å². The summed E-state index contributed by atoms with van der Waals surface area (Å²) in [4.78, 5) is 36.6. The second-order valence-electron chi connectivity index (χ2n) is 9.76. The maximum Gasteiger partial charge on any atom is 0.279 e. The van der Waals surface area contributed by atoms with Crippen molar-refractivity contribution in [2.45, 2.75) is 44.6 Å². The van der Waals surface area contributed by atoms with Crippen LogP contribution in [0.4, 0.5) is 5.69 Å². The number of hydrogen-bond acceptors (Lipinski definition) is 7. The first kappa shape index (κ1) is 29.3. The van der Waals surface area contributed by atoms with E-state index in [1.807, 2.05) is 48.5 Å². The Morgan fingerprint density at radius 3 is 2.51 bits per heavy atom. The summed E-state index contributed by atoms with van der Waals surface area (Å²) in [7, 11) is 1.40. The predicted molar refractivity (Wildman–Crippen MR) is 153 cm³/mol. The van der Waals surface area contributed by atoms with Crippen LogP contribution in [0.2, 0.25) is 0 Å². The lowest BCUT2D eigenvalue weighted by Gasteiger charge is -2.20. The highest BCUT2D eigenvalue weighted by molar-refractivity contribution is 5.88. The van der Waals surface area contributed by atoms with Crippen LogP contribution in [0.5, 0.6) is 11.5 Å². The summed E-state index contributed by atoms with van der Waals surface area (Å²) in [5.74, 6) is 6.29. The van der Waals surface area contributed by atoms with E-state index in [9.17, 15) is 24.8 Å². The predicted octanol–water partition coefficient (Wildman–Crippen LogP) is 4.63. The molecule has 0 saturated carbocycles. The lowest BCUT2D eigenvalue weighted by Crippen LogP contribution is -2.28. The monoisotopic (exact) mass is 556 g/mol. The van der Waals surface area contributed by atoms with Gasteiger partial charge in [-0.25, -0.2) is 0 Å². The van der Waals surface area contributed by atoms with Crippen molar-refractivity contribution >= 4 is 17.4 Å². The molecule has 0 aliphatic heterocycles. The number of nitro benzene ring substituents is 1. The lowest BCUT2D eigenvalue weighted by atomic mass is 9.82. The van der Waals surface area contributed by atoms with Crippen molar-refractivity contribution in [1.29, 1.82) is 0 Å². The second-order valence-corrected chi connectivity index (χ2v) is 9.76. The minimum absolute atomic E-state index is 0.0360. The smallest absolute Gasteiger partial charge is 0.279 e. The quantitative estimate of drug-likeness (QED) is 0.144. The van der Waals surface area contributed by atoms with Gasteiger partial charge in [-0.3, -0.25) is 19.7 Å². The molecule has 9 nitrogen and oxygen atoms in total. The number of Topliss-reactive ketones (excluding diaryl/α,β-unsaturated/α-hetero) is 1. The fourth-order valence-corrected chi connectivity index (χ4v) is 4.82. The van der Waals surface area contributed by atoms with E-state index in [2.05, 4.69) is 17.2 Å². The molecule has 2 unspecified atom stereocenters. The van der Waals surface area contributed by atoms with Gasteiger partial charge in [0.2, 0.25) is 5.91 Å². The topological polar surface area (TPSA) is 128 Å². The van der Waals surface area contributed by atoms with Gasteiger partial charge in [0.1, 0.15) is 5.78 Å². The molecule has 2 atom stereocenters. The van der Waals surface area contributed by atoms with Crippen LogP contribution >= 0.6 is 0 Å². The molecule has 212 valence electrons. The summed E-state index contributed by atoms with van der Waals surface area (Å²) in [6.07, 6.45) is 0.180. The van der Waals surface area contributed by atoms with Crippen molar-refractivity contribution in [2.24, 2.45) is 0 Å². The number of benzene rings is 3. The van der Waals surface area contributed by atoms with Crippen LogP contribution in [0.1, 0.15) is 66.0 Å². The highest BCUT2D eigenvalue weighted by Crippen LogP contribution is 2.37. The van der Waals surface area contributed by atoms with Gasteiger partial charge in [0.05, 0.1) is 36.4 Å². The van der Waals surface area contributed by atoms with Gasteiger partial charge in [-0.15, -0.1) is 0 Å². The van der Waals surface area contributed by atoms with E-state index in [1.54, 1.807) is 0 Å². The van der Waals surface area contributed by atoms with E-state index < -0.39 is 11.0 Å². The van der Waals surface area contributed by atoms with E-state index in [1.165, 1.54) is 26.2 Å². The molecule has 3 aromatic carbocycles. The minimum atomic E-state index is -1.06. The molecular formula is C32H32N2O7.